The Bertz CT molecular complexity index is 753. The fourth-order valence-corrected chi connectivity index (χ4v) is 4.34. The first-order chi connectivity index (χ1) is 14.1. The van der Waals surface area contributed by atoms with Crippen LogP contribution in [0.3, 0.4) is 0 Å². The van der Waals surface area contributed by atoms with Crippen LogP contribution in [-0.2, 0) is 9.53 Å². The van der Waals surface area contributed by atoms with Gasteiger partial charge < -0.3 is 15.0 Å². The molecule has 0 saturated carbocycles. The van der Waals surface area contributed by atoms with Crippen molar-refractivity contribution in [2.45, 2.75) is 31.7 Å². The molecule has 1 atom stereocenters. The van der Waals surface area contributed by atoms with Crippen molar-refractivity contribution in [2.75, 3.05) is 46.4 Å². The molecule has 1 N–H and O–H groups in total. The molecule has 0 aliphatic carbocycles. The van der Waals surface area contributed by atoms with Crippen molar-refractivity contribution >= 4 is 11.8 Å². The van der Waals surface area contributed by atoms with Gasteiger partial charge in [-0.2, -0.15) is 5.26 Å². The number of hydrogen-bond donors (Lipinski definition) is 1. The van der Waals surface area contributed by atoms with Crippen molar-refractivity contribution in [3.05, 3.63) is 35.4 Å². The van der Waals surface area contributed by atoms with Crippen molar-refractivity contribution in [1.82, 2.24) is 15.1 Å². The van der Waals surface area contributed by atoms with Gasteiger partial charge in [-0.15, -0.1) is 0 Å². The van der Waals surface area contributed by atoms with E-state index in [1.807, 2.05) is 4.90 Å². The number of piperidine rings is 2. The van der Waals surface area contributed by atoms with Crippen molar-refractivity contribution in [1.29, 1.82) is 5.26 Å². The molecule has 0 bridgehead atoms. The molecule has 2 fully saturated rings. The van der Waals surface area contributed by atoms with E-state index in [0.717, 1.165) is 38.8 Å². The highest BCUT2D eigenvalue weighted by molar-refractivity contribution is 5.96. The molecule has 29 heavy (non-hydrogen) atoms. The summed E-state index contributed by atoms with van der Waals surface area (Å²) in [5.41, 5.74) is 0.914. The van der Waals surface area contributed by atoms with Crippen molar-refractivity contribution in [2.24, 2.45) is 5.92 Å². The second kappa shape index (κ2) is 10.4. The maximum Gasteiger partial charge on any atom is 0.255 e. The third-order valence-corrected chi connectivity index (χ3v) is 5.98. The fourth-order valence-electron chi connectivity index (χ4n) is 4.34. The highest BCUT2D eigenvalue weighted by Gasteiger charge is 2.32. The zero-order chi connectivity index (χ0) is 20.6. The van der Waals surface area contributed by atoms with Crippen LogP contribution < -0.4 is 5.32 Å². The van der Waals surface area contributed by atoms with Crippen LogP contribution in [0, 0.1) is 17.2 Å². The molecule has 2 amide bonds. The minimum absolute atomic E-state index is 0.0303. The van der Waals surface area contributed by atoms with Crippen LogP contribution in [0.15, 0.2) is 24.3 Å². The molecular formula is C22H30N4O3. The van der Waals surface area contributed by atoms with Gasteiger partial charge in [0.15, 0.2) is 0 Å². The van der Waals surface area contributed by atoms with E-state index >= 15 is 0 Å². The molecule has 7 nitrogen and oxygen atoms in total. The number of nitriles is 1. The first-order valence-corrected chi connectivity index (χ1v) is 10.4. The first kappa shape index (κ1) is 21.3. The Morgan fingerprint density at radius 1 is 1.21 bits per heavy atom. The molecule has 156 valence electrons. The second-order valence-corrected chi connectivity index (χ2v) is 7.80. The molecule has 2 aliphatic rings. The van der Waals surface area contributed by atoms with Gasteiger partial charge in [0.25, 0.3) is 5.91 Å². The lowest BCUT2D eigenvalue weighted by Gasteiger charge is -2.42. The van der Waals surface area contributed by atoms with E-state index in [1.54, 1.807) is 31.4 Å². The molecule has 1 unspecified atom stereocenters. The molecule has 0 spiro atoms. The normalized spacial score (nSPS) is 20.8. The largest absolute Gasteiger partial charge is 0.383 e. The SMILES string of the molecule is COCCNC(=O)C1CCCN(C2CCN(C(=O)c3ccccc3C#N)CC2)C1. The zero-order valence-electron chi connectivity index (χ0n) is 17.1. The fraction of sp³-hybridized carbons (Fsp3) is 0.591. The number of hydrogen-bond acceptors (Lipinski definition) is 5. The summed E-state index contributed by atoms with van der Waals surface area (Å²) in [6.45, 7) is 4.25. The van der Waals surface area contributed by atoms with E-state index in [-0.39, 0.29) is 17.7 Å². The standard InChI is InChI=1S/C22H30N4O3/c1-29-14-10-24-21(27)18-6-4-11-26(16-18)19-8-12-25(13-9-19)22(28)20-7-3-2-5-17(20)15-23/h2-3,5,7,18-19H,4,6,8-14,16H2,1H3,(H,24,27). The van der Waals surface area contributed by atoms with E-state index in [4.69, 9.17) is 4.74 Å². The summed E-state index contributed by atoms with van der Waals surface area (Å²) in [6.07, 6.45) is 3.76. The maximum absolute atomic E-state index is 12.8. The number of nitrogens with zero attached hydrogens (tertiary/aromatic N) is 3. The van der Waals surface area contributed by atoms with Gasteiger partial charge in [-0.25, -0.2) is 0 Å². The lowest BCUT2D eigenvalue weighted by Crippen LogP contribution is -2.51. The highest BCUT2D eigenvalue weighted by atomic mass is 16.5. The number of carbonyl (C=O) groups excluding carboxylic acids is 2. The quantitative estimate of drug-likeness (QED) is 0.737. The van der Waals surface area contributed by atoms with E-state index in [0.29, 0.717) is 43.4 Å². The maximum atomic E-state index is 12.8. The average Bonchev–Trinajstić information content (AvgIpc) is 2.79. The summed E-state index contributed by atoms with van der Waals surface area (Å²) in [5, 5.41) is 12.2. The summed E-state index contributed by atoms with van der Waals surface area (Å²) in [5.74, 6) is 0.0879. The van der Waals surface area contributed by atoms with Gasteiger partial charge in [0.2, 0.25) is 5.91 Å². The van der Waals surface area contributed by atoms with E-state index in [1.165, 1.54) is 0 Å². The van der Waals surface area contributed by atoms with Gasteiger partial charge in [-0.1, -0.05) is 12.1 Å². The Morgan fingerprint density at radius 3 is 2.69 bits per heavy atom. The summed E-state index contributed by atoms with van der Waals surface area (Å²) in [4.78, 5) is 29.5. The first-order valence-electron chi connectivity index (χ1n) is 10.4. The number of carbonyl (C=O) groups is 2. The zero-order valence-corrected chi connectivity index (χ0v) is 17.1. The number of benzene rings is 1. The minimum Gasteiger partial charge on any atom is -0.383 e. The Kier molecular flexibility index (Phi) is 7.62. The van der Waals surface area contributed by atoms with E-state index in [9.17, 15) is 14.9 Å². The molecule has 0 radical (unpaired) electrons. The molecular weight excluding hydrogens is 368 g/mol. The number of ether oxygens (including phenoxy) is 1. The topological polar surface area (TPSA) is 85.7 Å². The summed E-state index contributed by atoms with van der Waals surface area (Å²) in [6, 6.07) is 9.50. The van der Waals surface area contributed by atoms with Crippen molar-refractivity contribution in [3.8, 4) is 6.07 Å². The van der Waals surface area contributed by atoms with E-state index < -0.39 is 0 Å². The average molecular weight is 399 g/mol. The summed E-state index contributed by atoms with van der Waals surface area (Å²) < 4.78 is 5.00. The van der Waals surface area contributed by atoms with Gasteiger partial charge in [0, 0.05) is 39.3 Å². The van der Waals surface area contributed by atoms with Gasteiger partial charge in [-0.05, 0) is 44.4 Å². The smallest absolute Gasteiger partial charge is 0.255 e. The molecule has 7 heteroatoms. The Hall–Kier alpha value is -2.43. The molecule has 2 aliphatic heterocycles. The van der Waals surface area contributed by atoms with Crippen LogP contribution in [0.25, 0.3) is 0 Å². The van der Waals surface area contributed by atoms with Crippen LogP contribution in [0.5, 0.6) is 0 Å². The highest BCUT2D eigenvalue weighted by Crippen LogP contribution is 2.25. The Balaban J connectivity index is 1.52. The number of methoxy groups -OCH3 is 1. The van der Waals surface area contributed by atoms with Crippen LogP contribution >= 0.6 is 0 Å². The minimum atomic E-state index is -0.0605. The molecule has 2 saturated heterocycles. The number of rotatable bonds is 6. The number of amides is 2. The molecule has 1 aromatic rings. The van der Waals surface area contributed by atoms with Gasteiger partial charge in [0.05, 0.1) is 29.7 Å². The molecule has 0 aromatic heterocycles. The molecule has 2 heterocycles. The van der Waals surface area contributed by atoms with Crippen LogP contribution in [0.1, 0.15) is 41.6 Å². The van der Waals surface area contributed by atoms with Crippen LogP contribution in [-0.4, -0.2) is 74.1 Å². The Labute approximate surface area is 172 Å². The molecule has 3 rings (SSSR count). The van der Waals surface area contributed by atoms with Gasteiger partial charge >= 0.3 is 0 Å². The summed E-state index contributed by atoms with van der Waals surface area (Å²) in [7, 11) is 1.63. The predicted octanol–water partition coefficient (Wildman–Crippen LogP) is 1.64. The third-order valence-electron chi connectivity index (χ3n) is 5.98. The third kappa shape index (κ3) is 5.34. The van der Waals surface area contributed by atoms with Crippen LogP contribution in [0.2, 0.25) is 0 Å². The predicted molar refractivity (Wildman–Crippen MR) is 109 cm³/mol. The summed E-state index contributed by atoms with van der Waals surface area (Å²) >= 11 is 0. The lowest BCUT2D eigenvalue weighted by molar-refractivity contribution is -0.127. The number of likely N-dealkylation sites (tertiary alicyclic amines) is 2. The van der Waals surface area contributed by atoms with E-state index in [2.05, 4.69) is 16.3 Å². The lowest BCUT2D eigenvalue weighted by atomic mass is 9.93. The van der Waals surface area contributed by atoms with Gasteiger partial charge in [0.1, 0.15) is 0 Å². The Morgan fingerprint density at radius 2 is 1.97 bits per heavy atom. The second-order valence-electron chi connectivity index (χ2n) is 7.80. The van der Waals surface area contributed by atoms with Crippen molar-refractivity contribution < 1.29 is 14.3 Å². The number of nitrogens with one attached hydrogen (secondary N) is 1. The van der Waals surface area contributed by atoms with Gasteiger partial charge in [-0.3, -0.25) is 14.5 Å². The monoisotopic (exact) mass is 398 g/mol. The van der Waals surface area contributed by atoms with Crippen molar-refractivity contribution in [3.63, 3.8) is 0 Å². The molecule has 1 aromatic carbocycles. The van der Waals surface area contributed by atoms with Crippen LogP contribution in [0.4, 0.5) is 0 Å².